The van der Waals surface area contributed by atoms with E-state index >= 15 is 0 Å². The highest BCUT2D eigenvalue weighted by atomic mass is 16.3. The molecule has 4 aromatic heterocycles. The molecule has 0 atom stereocenters. The molecule has 0 N–H and O–H groups in total. The molecule has 0 aliphatic carbocycles. The molecule has 0 bridgehead atoms. The molecule has 6 heteroatoms. The first-order chi connectivity index (χ1) is 23.8. The van der Waals surface area contributed by atoms with Crippen molar-refractivity contribution in [3.63, 3.8) is 0 Å². The van der Waals surface area contributed by atoms with Crippen LogP contribution in [0, 0.1) is 0 Å². The number of aromatic nitrogens is 4. The predicted molar refractivity (Wildman–Crippen MR) is 191 cm³/mol. The topological polar surface area (TPSA) is 77.8 Å². The molecule has 0 aliphatic rings. The van der Waals surface area contributed by atoms with Crippen molar-refractivity contribution in [1.29, 1.82) is 0 Å². The summed E-state index contributed by atoms with van der Waals surface area (Å²) < 4.78 is 12.8. The maximum absolute atomic E-state index is 6.53. The average Bonchev–Trinajstić information content (AvgIpc) is 3.73. The Morgan fingerprint density at radius 3 is 1.92 bits per heavy atom. The number of fused-ring (bicyclic) bond motifs is 7. The summed E-state index contributed by atoms with van der Waals surface area (Å²) >= 11 is 0. The van der Waals surface area contributed by atoms with E-state index in [1.807, 2.05) is 91.1 Å². The molecular weight excluding hydrogens is 592 g/mol. The lowest BCUT2D eigenvalue weighted by Gasteiger charge is -2.10. The van der Waals surface area contributed by atoms with Crippen molar-refractivity contribution in [2.45, 2.75) is 0 Å². The van der Waals surface area contributed by atoms with Crippen LogP contribution < -0.4 is 0 Å². The van der Waals surface area contributed by atoms with Gasteiger partial charge < -0.3 is 8.83 Å². The standard InChI is InChI=1S/C42H24N4O2/c1-2-11-26(12-3-1)29-22-23-43-38-37-32(16-9-19-35(37)48-39(29)38)42-45-40(28-21-20-25-10-4-5-13-27(25)24-28)44-41(46-42)31-15-8-18-34-36(31)30-14-6-7-17-33(30)47-34/h1-24H. The Balaban J connectivity index is 1.26. The van der Waals surface area contributed by atoms with E-state index in [1.54, 1.807) is 0 Å². The Morgan fingerprint density at radius 1 is 0.417 bits per heavy atom. The van der Waals surface area contributed by atoms with Gasteiger partial charge in [0.2, 0.25) is 0 Å². The van der Waals surface area contributed by atoms with Gasteiger partial charge in [-0.05, 0) is 46.7 Å². The number of rotatable bonds is 4. The first-order valence-corrected chi connectivity index (χ1v) is 15.8. The highest BCUT2D eigenvalue weighted by Crippen LogP contribution is 2.40. The third-order valence-corrected chi connectivity index (χ3v) is 8.99. The zero-order valence-electron chi connectivity index (χ0n) is 25.5. The van der Waals surface area contributed by atoms with Crippen molar-refractivity contribution in [3.05, 3.63) is 146 Å². The summed E-state index contributed by atoms with van der Waals surface area (Å²) in [6, 6.07) is 46.9. The molecule has 0 spiro atoms. The lowest BCUT2D eigenvalue weighted by Crippen LogP contribution is -2.01. The first kappa shape index (κ1) is 26.5. The predicted octanol–water partition coefficient (Wildman–Crippen LogP) is 10.9. The minimum Gasteiger partial charge on any atom is -0.456 e. The molecule has 0 saturated heterocycles. The molecule has 10 aromatic rings. The molecule has 10 rings (SSSR count). The van der Waals surface area contributed by atoms with Gasteiger partial charge in [0.15, 0.2) is 23.1 Å². The largest absolute Gasteiger partial charge is 0.456 e. The number of pyridine rings is 1. The highest BCUT2D eigenvalue weighted by molar-refractivity contribution is 6.14. The van der Waals surface area contributed by atoms with Crippen molar-refractivity contribution in [1.82, 2.24) is 19.9 Å². The third-order valence-electron chi connectivity index (χ3n) is 8.99. The number of hydrogen-bond donors (Lipinski definition) is 0. The van der Waals surface area contributed by atoms with E-state index in [0.717, 1.165) is 82.6 Å². The first-order valence-electron chi connectivity index (χ1n) is 15.8. The second kappa shape index (κ2) is 10.4. The summed E-state index contributed by atoms with van der Waals surface area (Å²) in [4.78, 5) is 20.3. The van der Waals surface area contributed by atoms with E-state index in [-0.39, 0.29) is 0 Å². The number of furan rings is 2. The van der Waals surface area contributed by atoms with Gasteiger partial charge in [0, 0.05) is 39.2 Å². The molecule has 0 fully saturated rings. The van der Waals surface area contributed by atoms with Gasteiger partial charge in [-0.25, -0.2) is 15.0 Å². The molecule has 4 heterocycles. The Labute approximate surface area is 274 Å². The van der Waals surface area contributed by atoms with Gasteiger partial charge in [-0.2, -0.15) is 0 Å². The minimum absolute atomic E-state index is 0.535. The number of para-hydroxylation sites is 1. The van der Waals surface area contributed by atoms with Crippen molar-refractivity contribution in [2.75, 3.05) is 0 Å². The molecule has 6 aromatic carbocycles. The van der Waals surface area contributed by atoms with Crippen LogP contribution >= 0.6 is 0 Å². The van der Waals surface area contributed by atoms with Gasteiger partial charge in [0.05, 0.1) is 5.39 Å². The third kappa shape index (κ3) is 4.13. The van der Waals surface area contributed by atoms with E-state index in [2.05, 4.69) is 54.6 Å². The number of hydrogen-bond acceptors (Lipinski definition) is 6. The van der Waals surface area contributed by atoms with E-state index < -0.39 is 0 Å². The maximum Gasteiger partial charge on any atom is 0.164 e. The van der Waals surface area contributed by atoms with Crippen LogP contribution in [0.25, 0.3) is 100 Å². The summed E-state index contributed by atoms with van der Waals surface area (Å²) in [5.41, 5.74) is 8.44. The van der Waals surface area contributed by atoms with Crippen LogP contribution in [0.1, 0.15) is 0 Å². The van der Waals surface area contributed by atoms with Crippen molar-refractivity contribution < 1.29 is 8.83 Å². The summed E-state index contributed by atoms with van der Waals surface area (Å²) in [5, 5.41) is 5.11. The fraction of sp³-hybridized carbons (Fsp3) is 0. The summed E-state index contributed by atoms with van der Waals surface area (Å²) in [6.07, 6.45) is 1.83. The van der Waals surface area contributed by atoms with Gasteiger partial charge in [0.1, 0.15) is 22.3 Å². The van der Waals surface area contributed by atoms with E-state index in [1.165, 1.54) is 0 Å². The Bertz CT molecular complexity index is 2850. The van der Waals surface area contributed by atoms with Gasteiger partial charge in [-0.15, -0.1) is 0 Å². The second-order valence-corrected chi connectivity index (χ2v) is 11.8. The van der Waals surface area contributed by atoms with Crippen LogP contribution in [-0.4, -0.2) is 19.9 Å². The zero-order valence-corrected chi connectivity index (χ0v) is 25.5. The van der Waals surface area contributed by atoms with Gasteiger partial charge in [-0.1, -0.05) is 109 Å². The lowest BCUT2D eigenvalue weighted by atomic mass is 10.0. The number of benzene rings is 6. The molecule has 224 valence electrons. The quantitative estimate of drug-likeness (QED) is 0.196. The monoisotopic (exact) mass is 616 g/mol. The molecule has 0 unspecified atom stereocenters. The smallest absolute Gasteiger partial charge is 0.164 e. The van der Waals surface area contributed by atoms with Gasteiger partial charge in [0.25, 0.3) is 0 Å². The molecule has 48 heavy (non-hydrogen) atoms. The fourth-order valence-corrected chi connectivity index (χ4v) is 6.77. The van der Waals surface area contributed by atoms with E-state index in [4.69, 9.17) is 28.8 Å². The van der Waals surface area contributed by atoms with Crippen molar-refractivity contribution in [3.8, 4) is 45.3 Å². The van der Waals surface area contributed by atoms with Crippen LogP contribution in [-0.2, 0) is 0 Å². The van der Waals surface area contributed by atoms with Crippen molar-refractivity contribution in [2.24, 2.45) is 0 Å². The Hall–Kier alpha value is -6.66. The van der Waals surface area contributed by atoms with Crippen LogP contribution in [0.5, 0.6) is 0 Å². The van der Waals surface area contributed by atoms with Crippen LogP contribution in [0.3, 0.4) is 0 Å². The molecule has 0 amide bonds. The molecule has 0 aliphatic heterocycles. The molecule has 0 saturated carbocycles. The molecular formula is C42H24N4O2. The van der Waals surface area contributed by atoms with Crippen LogP contribution in [0.2, 0.25) is 0 Å². The normalized spacial score (nSPS) is 11.8. The SMILES string of the molecule is c1ccc(-c2ccnc3c2oc2cccc(-c4nc(-c5ccc6ccccc6c5)nc(-c5cccc6oc7ccccc7c56)n4)c23)cc1. The second-order valence-electron chi connectivity index (χ2n) is 11.8. The van der Waals surface area contributed by atoms with E-state index in [0.29, 0.717) is 17.5 Å². The summed E-state index contributed by atoms with van der Waals surface area (Å²) in [7, 11) is 0. The van der Waals surface area contributed by atoms with E-state index in [9.17, 15) is 0 Å². The van der Waals surface area contributed by atoms with Gasteiger partial charge >= 0.3 is 0 Å². The fourth-order valence-electron chi connectivity index (χ4n) is 6.77. The van der Waals surface area contributed by atoms with Crippen LogP contribution in [0.4, 0.5) is 0 Å². The Morgan fingerprint density at radius 2 is 1.08 bits per heavy atom. The van der Waals surface area contributed by atoms with Crippen molar-refractivity contribution >= 4 is 54.8 Å². The summed E-state index contributed by atoms with van der Waals surface area (Å²) in [6.45, 7) is 0. The molecule has 6 nitrogen and oxygen atoms in total. The Kier molecular flexibility index (Phi) is 5.77. The minimum atomic E-state index is 0.535. The maximum atomic E-state index is 6.53. The van der Waals surface area contributed by atoms with Gasteiger partial charge in [-0.3, -0.25) is 4.98 Å². The van der Waals surface area contributed by atoms with Crippen LogP contribution in [0.15, 0.2) is 155 Å². The lowest BCUT2D eigenvalue weighted by molar-refractivity contribution is 0.668. The molecule has 0 radical (unpaired) electrons. The zero-order chi connectivity index (χ0) is 31.6. The summed E-state index contributed by atoms with van der Waals surface area (Å²) in [5.74, 6) is 1.67. The number of nitrogens with zero attached hydrogens (tertiary/aromatic N) is 4. The highest BCUT2D eigenvalue weighted by Gasteiger charge is 2.22. The average molecular weight is 617 g/mol.